The summed E-state index contributed by atoms with van der Waals surface area (Å²) in [6, 6.07) is -0.287. The molecule has 0 aromatic rings. The van der Waals surface area contributed by atoms with E-state index >= 15 is 0 Å². The Labute approximate surface area is 105 Å². The van der Waals surface area contributed by atoms with E-state index in [1.165, 1.54) is 0 Å². The summed E-state index contributed by atoms with van der Waals surface area (Å²) in [5.41, 5.74) is 0. The van der Waals surface area contributed by atoms with Crippen LogP contribution in [-0.2, 0) is 14.3 Å². The number of hydrogen-bond acceptors (Lipinski definition) is 4. The summed E-state index contributed by atoms with van der Waals surface area (Å²) in [7, 11) is 1.60. The fourth-order valence-electron chi connectivity index (χ4n) is 1.84. The monoisotopic (exact) mass is 258 g/mol. The first-order chi connectivity index (χ1) is 8.24. The van der Waals surface area contributed by atoms with Gasteiger partial charge in [0.2, 0.25) is 11.8 Å². The van der Waals surface area contributed by atoms with Crippen molar-refractivity contribution in [3.05, 3.63) is 0 Å². The third kappa shape index (κ3) is 3.13. The molecule has 1 saturated heterocycles. The van der Waals surface area contributed by atoms with Crippen molar-refractivity contribution in [3.63, 3.8) is 0 Å². The Morgan fingerprint density at radius 3 is 2.88 bits per heavy atom. The Balaban J connectivity index is 1.85. The number of nitrogens with one attached hydrogen (secondary N) is 1. The van der Waals surface area contributed by atoms with E-state index in [1.54, 1.807) is 23.8 Å². The van der Waals surface area contributed by atoms with Crippen LogP contribution in [-0.4, -0.2) is 54.6 Å². The van der Waals surface area contributed by atoms with Gasteiger partial charge in [-0.1, -0.05) is 0 Å². The highest BCUT2D eigenvalue weighted by Gasteiger charge is 2.41. The van der Waals surface area contributed by atoms with E-state index in [9.17, 15) is 9.59 Å². The van der Waals surface area contributed by atoms with Gasteiger partial charge in [-0.25, -0.2) is 0 Å². The number of nitrogens with zero attached hydrogens (tertiary/aromatic N) is 1. The van der Waals surface area contributed by atoms with Crippen molar-refractivity contribution in [2.45, 2.75) is 18.9 Å². The van der Waals surface area contributed by atoms with E-state index in [-0.39, 0.29) is 23.8 Å². The Morgan fingerprint density at radius 2 is 2.24 bits per heavy atom. The van der Waals surface area contributed by atoms with E-state index in [1.807, 2.05) is 0 Å². The maximum absolute atomic E-state index is 12.0. The highest BCUT2D eigenvalue weighted by molar-refractivity contribution is 7.99. The van der Waals surface area contributed by atoms with Crippen molar-refractivity contribution in [2.75, 3.05) is 31.9 Å². The summed E-state index contributed by atoms with van der Waals surface area (Å²) in [4.78, 5) is 25.6. The maximum atomic E-state index is 12.0. The molecule has 0 unspecified atom stereocenters. The lowest BCUT2D eigenvalue weighted by molar-refractivity contribution is -0.139. The molecule has 6 heteroatoms. The molecule has 1 atom stereocenters. The largest absolute Gasteiger partial charge is 0.383 e. The van der Waals surface area contributed by atoms with Crippen molar-refractivity contribution in [1.82, 2.24) is 10.2 Å². The first-order valence-corrected chi connectivity index (χ1v) is 7.04. The lowest BCUT2D eigenvalue weighted by Crippen LogP contribution is -2.48. The molecule has 1 heterocycles. The predicted molar refractivity (Wildman–Crippen MR) is 65.6 cm³/mol. The molecular formula is C11H18N2O3S. The maximum Gasteiger partial charge on any atom is 0.243 e. The standard InChI is InChI=1S/C11H18N2O3S/c1-16-5-4-12-10(14)9-6-17-7-13(9)11(15)8-2-3-8/h8-9H,2-7H2,1H3,(H,12,14)/t9-/m0/s1. The first-order valence-electron chi connectivity index (χ1n) is 5.89. The molecule has 2 amide bonds. The Kier molecular flexibility index (Phi) is 4.28. The smallest absolute Gasteiger partial charge is 0.243 e. The van der Waals surface area contributed by atoms with Crippen LogP contribution in [0, 0.1) is 5.92 Å². The van der Waals surface area contributed by atoms with Crippen LogP contribution in [0.3, 0.4) is 0 Å². The van der Waals surface area contributed by atoms with Crippen LogP contribution in [0.15, 0.2) is 0 Å². The van der Waals surface area contributed by atoms with Crippen molar-refractivity contribution in [3.8, 4) is 0 Å². The SMILES string of the molecule is COCCNC(=O)[C@@H]1CSCN1C(=O)C1CC1. The van der Waals surface area contributed by atoms with Crippen LogP contribution in [0.25, 0.3) is 0 Å². The van der Waals surface area contributed by atoms with Crippen LogP contribution in [0.2, 0.25) is 0 Å². The molecule has 0 aromatic carbocycles. The van der Waals surface area contributed by atoms with Gasteiger partial charge in [0, 0.05) is 25.3 Å². The number of carbonyl (C=O) groups excluding carboxylic acids is 2. The number of ether oxygens (including phenoxy) is 1. The Bertz CT molecular complexity index is 307. The molecule has 2 rings (SSSR count). The lowest BCUT2D eigenvalue weighted by Gasteiger charge is -2.22. The van der Waals surface area contributed by atoms with E-state index in [0.717, 1.165) is 12.8 Å². The average Bonchev–Trinajstić information content (AvgIpc) is 3.05. The zero-order valence-electron chi connectivity index (χ0n) is 9.98. The molecule has 5 nitrogen and oxygen atoms in total. The molecule has 1 aliphatic heterocycles. The minimum Gasteiger partial charge on any atom is -0.383 e. The number of carbonyl (C=O) groups is 2. The third-order valence-corrected chi connectivity index (χ3v) is 4.01. The van der Waals surface area contributed by atoms with Crippen molar-refractivity contribution < 1.29 is 14.3 Å². The number of thioether (sulfide) groups is 1. The highest BCUT2D eigenvalue weighted by Crippen LogP contribution is 2.34. The van der Waals surface area contributed by atoms with Gasteiger partial charge in [0.25, 0.3) is 0 Å². The van der Waals surface area contributed by atoms with Crippen LogP contribution in [0.5, 0.6) is 0 Å². The molecule has 0 spiro atoms. The number of hydrogen-bond donors (Lipinski definition) is 1. The van der Waals surface area contributed by atoms with E-state index in [0.29, 0.717) is 24.8 Å². The zero-order valence-corrected chi connectivity index (χ0v) is 10.8. The number of amides is 2. The van der Waals surface area contributed by atoms with Crippen molar-refractivity contribution in [1.29, 1.82) is 0 Å². The first kappa shape index (κ1) is 12.7. The van der Waals surface area contributed by atoms with Gasteiger partial charge < -0.3 is 15.0 Å². The van der Waals surface area contributed by atoms with Gasteiger partial charge in [0.05, 0.1) is 12.5 Å². The van der Waals surface area contributed by atoms with Gasteiger partial charge in [0.15, 0.2) is 0 Å². The molecule has 2 fully saturated rings. The Morgan fingerprint density at radius 1 is 1.47 bits per heavy atom. The van der Waals surface area contributed by atoms with Crippen LogP contribution >= 0.6 is 11.8 Å². The van der Waals surface area contributed by atoms with E-state index < -0.39 is 0 Å². The molecule has 2 aliphatic rings. The molecule has 0 bridgehead atoms. The second kappa shape index (κ2) is 5.73. The normalized spacial score (nSPS) is 23.8. The molecule has 1 saturated carbocycles. The van der Waals surface area contributed by atoms with E-state index in [4.69, 9.17) is 4.74 Å². The van der Waals surface area contributed by atoms with Crippen LogP contribution in [0.4, 0.5) is 0 Å². The second-order valence-electron chi connectivity index (χ2n) is 4.38. The van der Waals surface area contributed by atoms with Crippen LogP contribution < -0.4 is 5.32 Å². The predicted octanol–water partition coefficient (Wildman–Crippen LogP) is 0.0605. The van der Waals surface area contributed by atoms with Gasteiger partial charge in [-0.2, -0.15) is 0 Å². The van der Waals surface area contributed by atoms with Crippen molar-refractivity contribution >= 4 is 23.6 Å². The van der Waals surface area contributed by atoms with Gasteiger partial charge in [0.1, 0.15) is 6.04 Å². The number of rotatable bonds is 5. The van der Waals surface area contributed by atoms with Gasteiger partial charge in [-0.15, -0.1) is 11.8 Å². The molecule has 0 radical (unpaired) electrons. The summed E-state index contributed by atoms with van der Waals surface area (Å²) in [5.74, 6) is 1.64. The summed E-state index contributed by atoms with van der Waals surface area (Å²) in [5, 5.41) is 2.80. The van der Waals surface area contributed by atoms with E-state index in [2.05, 4.69) is 5.32 Å². The minimum absolute atomic E-state index is 0.0546. The van der Waals surface area contributed by atoms with Crippen molar-refractivity contribution in [2.24, 2.45) is 5.92 Å². The molecule has 1 N–H and O–H groups in total. The highest BCUT2D eigenvalue weighted by atomic mass is 32.2. The van der Waals surface area contributed by atoms with Crippen LogP contribution in [0.1, 0.15) is 12.8 Å². The lowest BCUT2D eigenvalue weighted by atomic mass is 10.2. The summed E-state index contributed by atoms with van der Waals surface area (Å²) in [6.45, 7) is 1.00. The summed E-state index contributed by atoms with van der Waals surface area (Å²) >= 11 is 1.64. The fraction of sp³-hybridized carbons (Fsp3) is 0.818. The molecule has 17 heavy (non-hydrogen) atoms. The molecule has 96 valence electrons. The fourth-order valence-corrected chi connectivity index (χ4v) is 3.00. The molecular weight excluding hydrogens is 240 g/mol. The summed E-state index contributed by atoms with van der Waals surface area (Å²) < 4.78 is 4.88. The second-order valence-corrected chi connectivity index (χ2v) is 5.38. The molecule has 1 aliphatic carbocycles. The summed E-state index contributed by atoms with van der Waals surface area (Å²) in [6.07, 6.45) is 1.97. The topological polar surface area (TPSA) is 58.6 Å². The van der Waals surface area contributed by atoms with Gasteiger partial charge in [-0.05, 0) is 12.8 Å². The molecule has 0 aromatic heterocycles. The minimum atomic E-state index is -0.287. The quantitative estimate of drug-likeness (QED) is 0.709. The van der Waals surface area contributed by atoms with Gasteiger partial charge >= 0.3 is 0 Å². The Hall–Kier alpha value is -0.750. The third-order valence-electron chi connectivity index (χ3n) is 3.00. The average molecular weight is 258 g/mol. The zero-order chi connectivity index (χ0) is 12.3. The number of methoxy groups -OCH3 is 1. The van der Waals surface area contributed by atoms with Gasteiger partial charge in [-0.3, -0.25) is 9.59 Å².